The number of hydrogen-bond donors (Lipinski definition) is 0. The molecule has 0 aliphatic rings. The summed E-state index contributed by atoms with van der Waals surface area (Å²) in [5.74, 6) is -4.69. The summed E-state index contributed by atoms with van der Waals surface area (Å²) in [6.45, 7) is -2.32. The summed E-state index contributed by atoms with van der Waals surface area (Å²) in [7, 11) is 1.30. The van der Waals surface area contributed by atoms with Gasteiger partial charge in [-0.1, -0.05) is 0 Å². The predicted octanol–water partition coefficient (Wildman–Crippen LogP) is 3.28. The molecule has 0 N–H and O–H groups in total. The number of alkyl halides is 5. The number of hydrogen-bond acceptors (Lipinski definition) is 3. The number of ether oxygens (including phenoxy) is 2. The summed E-state index contributed by atoms with van der Waals surface area (Å²) in [4.78, 5) is 0. The Labute approximate surface area is 111 Å². The van der Waals surface area contributed by atoms with Crippen molar-refractivity contribution < 1.29 is 31.4 Å². The smallest absolute Gasteiger partial charge is 0.455 e. The molecule has 1 rings (SSSR count). The van der Waals surface area contributed by atoms with Crippen LogP contribution in [0.2, 0.25) is 0 Å². The van der Waals surface area contributed by atoms with Crippen molar-refractivity contribution in [3.8, 4) is 11.8 Å². The third-order valence-electron chi connectivity index (χ3n) is 2.37. The predicted molar refractivity (Wildman–Crippen MR) is 58.4 cm³/mol. The minimum atomic E-state index is -5.66. The van der Waals surface area contributed by atoms with Crippen LogP contribution in [0.15, 0.2) is 18.2 Å². The van der Waals surface area contributed by atoms with Crippen molar-refractivity contribution in [3.05, 3.63) is 29.3 Å². The molecule has 0 aliphatic heterocycles. The molecule has 0 aromatic heterocycles. The van der Waals surface area contributed by atoms with Gasteiger partial charge < -0.3 is 9.47 Å². The lowest BCUT2D eigenvalue weighted by molar-refractivity contribution is -0.297. The summed E-state index contributed by atoms with van der Waals surface area (Å²) in [6, 6.07) is 5.93. The Hall–Kier alpha value is -1.88. The molecule has 1 aromatic rings. The van der Waals surface area contributed by atoms with E-state index in [0.29, 0.717) is 0 Å². The summed E-state index contributed by atoms with van der Waals surface area (Å²) in [5, 5.41) is 8.69. The first-order valence-corrected chi connectivity index (χ1v) is 5.30. The second kappa shape index (κ2) is 6.05. The van der Waals surface area contributed by atoms with Gasteiger partial charge in [0.15, 0.2) is 0 Å². The zero-order valence-corrected chi connectivity index (χ0v) is 10.3. The Morgan fingerprint density at radius 2 is 1.85 bits per heavy atom. The SMILES string of the molecule is COc1ccc(C#N)cc1COCC(F)(F)C(F)(F)F. The molecule has 8 heteroatoms. The number of methoxy groups -OCH3 is 1. The van der Waals surface area contributed by atoms with Crippen molar-refractivity contribution in [1.82, 2.24) is 0 Å². The van der Waals surface area contributed by atoms with E-state index < -0.39 is 25.3 Å². The van der Waals surface area contributed by atoms with E-state index in [1.165, 1.54) is 25.3 Å². The van der Waals surface area contributed by atoms with Crippen LogP contribution in [0.3, 0.4) is 0 Å². The van der Waals surface area contributed by atoms with Gasteiger partial charge in [-0.05, 0) is 18.2 Å². The van der Waals surface area contributed by atoms with Gasteiger partial charge in [0, 0.05) is 5.56 Å². The largest absolute Gasteiger partial charge is 0.496 e. The van der Waals surface area contributed by atoms with Crippen molar-refractivity contribution in [2.24, 2.45) is 0 Å². The summed E-state index contributed by atoms with van der Waals surface area (Å²) in [6.07, 6.45) is -5.66. The van der Waals surface area contributed by atoms with Crippen LogP contribution < -0.4 is 4.74 Å². The van der Waals surface area contributed by atoms with Gasteiger partial charge in [0.05, 0.1) is 25.3 Å². The molecular formula is C12H10F5NO2. The van der Waals surface area contributed by atoms with Crippen molar-refractivity contribution in [3.63, 3.8) is 0 Å². The first-order valence-electron chi connectivity index (χ1n) is 5.30. The third-order valence-corrected chi connectivity index (χ3v) is 2.37. The van der Waals surface area contributed by atoms with Crippen LogP contribution >= 0.6 is 0 Å². The fraction of sp³-hybridized carbons (Fsp3) is 0.417. The average molecular weight is 295 g/mol. The number of rotatable bonds is 5. The Morgan fingerprint density at radius 3 is 2.35 bits per heavy atom. The third kappa shape index (κ3) is 3.81. The molecule has 0 fully saturated rings. The standard InChI is InChI=1S/C12H10F5NO2/c1-19-10-3-2-8(5-18)4-9(10)6-20-7-11(13,14)12(15,16)17/h2-4H,6-7H2,1H3. The fourth-order valence-corrected chi connectivity index (χ4v) is 1.33. The molecule has 0 aliphatic carbocycles. The van der Waals surface area contributed by atoms with Gasteiger partial charge in [-0.2, -0.15) is 27.2 Å². The van der Waals surface area contributed by atoms with Crippen LogP contribution in [0.5, 0.6) is 5.75 Å². The van der Waals surface area contributed by atoms with Crippen LogP contribution in [0.1, 0.15) is 11.1 Å². The number of nitriles is 1. The van der Waals surface area contributed by atoms with Gasteiger partial charge in [-0.3, -0.25) is 0 Å². The molecule has 0 saturated heterocycles. The van der Waals surface area contributed by atoms with Crippen LogP contribution in [0.25, 0.3) is 0 Å². The topological polar surface area (TPSA) is 42.2 Å². The molecular weight excluding hydrogens is 285 g/mol. The molecule has 0 bridgehead atoms. The lowest BCUT2D eigenvalue weighted by Crippen LogP contribution is -2.40. The minimum Gasteiger partial charge on any atom is -0.496 e. The highest BCUT2D eigenvalue weighted by molar-refractivity contribution is 5.41. The van der Waals surface area contributed by atoms with E-state index in [1.807, 2.05) is 6.07 Å². The second-order valence-corrected chi connectivity index (χ2v) is 3.83. The molecule has 0 saturated carbocycles. The molecule has 0 radical (unpaired) electrons. The van der Waals surface area contributed by atoms with E-state index >= 15 is 0 Å². The van der Waals surface area contributed by atoms with Gasteiger partial charge in [0.25, 0.3) is 0 Å². The maximum atomic E-state index is 12.6. The molecule has 0 unspecified atom stereocenters. The molecule has 1 aromatic carbocycles. The average Bonchev–Trinajstić information content (AvgIpc) is 2.37. The maximum absolute atomic E-state index is 12.6. The summed E-state index contributed by atoms with van der Waals surface area (Å²) >= 11 is 0. The van der Waals surface area contributed by atoms with Gasteiger partial charge in [0.2, 0.25) is 0 Å². The molecule has 20 heavy (non-hydrogen) atoms. The van der Waals surface area contributed by atoms with E-state index in [9.17, 15) is 22.0 Å². The highest BCUT2D eigenvalue weighted by Gasteiger charge is 2.57. The highest BCUT2D eigenvalue weighted by atomic mass is 19.4. The van der Waals surface area contributed by atoms with Crippen molar-refractivity contribution in [1.29, 1.82) is 5.26 Å². The van der Waals surface area contributed by atoms with Crippen molar-refractivity contribution in [2.75, 3.05) is 13.7 Å². The monoisotopic (exact) mass is 295 g/mol. The lowest BCUT2D eigenvalue weighted by Gasteiger charge is -2.19. The molecule has 0 amide bonds. The zero-order chi connectivity index (χ0) is 15.4. The highest BCUT2D eigenvalue weighted by Crippen LogP contribution is 2.35. The molecule has 0 spiro atoms. The first kappa shape index (κ1) is 16.2. The van der Waals surface area contributed by atoms with Crippen LogP contribution in [0, 0.1) is 11.3 Å². The molecule has 0 heterocycles. The van der Waals surface area contributed by atoms with E-state index in [-0.39, 0.29) is 16.9 Å². The Bertz CT molecular complexity index is 508. The number of nitrogens with zero attached hydrogens (tertiary/aromatic N) is 1. The van der Waals surface area contributed by atoms with Gasteiger partial charge in [-0.15, -0.1) is 0 Å². The van der Waals surface area contributed by atoms with Gasteiger partial charge in [-0.25, -0.2) is 0 Å². The van der Waals surface area contributed by atoms with Gasteiger partial charge in [0.1, 0.15) is 12.4 Å². The van der Waals surface area contributed by atoms with Crippen molar-refractivity contribution in [2.45, 2.75) is 18.7 Å². The summed E-state index contributed by atoms with van der Waals surface area (Å²) < 4.78 is 70.3. The normalized spacial score (nSPS) is 12.1. The van der Waals surface area contributed by atoms with Crippen LogP contribution in [0.4, 0.5) is 22.0 Å². The van der Waals surface area contributed by atoms with E-state index in [0.717, 1.165) is 0 Å². The Kier molecular flexibility index (Phi) is 4.89. The maximum Gasteiger partial charge on any atom is 0.455 e. The Morgan fingerprint density at radius 1 is 1.20 bits per heavy atom. The Balaban J connectivity index is 2.74. The van der Waals surface area contributed by atoms with E-state index in [1.54, 1.807) is 0 Å². The number of benzene rings is 1. The van der Waals surface area contributed by atoms with Crippen molar-refractivity contribution >= 4 is 0 Å². The summed E-state index contributed by atoms with van der Waals surface area (Å²) in [5.41, 5.74) is 0.427. The van der Waals surface area contributed by atoms with Crippen LogP contribution in [-0.4, -0.2) is 25.8 Å². The zero-order valence-electron chi connectivity index (χ0n) is 10.3. The van der Waals surface area contributed by atoms with Gasteiger partial charge >= 0.3 is 12.1 Å². The minimum absolute atomic E-state index is 0.213. The number of halogens is 5. The fourth-order valence-electron chi connectivity index (χ4n) is 1.33. The molecule has 3 nitrogen and oxygen atoms in total. The van der Waals surface area contributed by atoms with E-state index in [2.05, 4.69) is 4.74 Å². The molecule has 110 valence electrons. The lowest BCUT2D eigenvalue weighted by atomic mass is 10.1. The molecule has 0 atom stereocenters. The van der Waals surface area contributed by atoms with E-state index in [4.69, 9.17) is 10.00 Å². The van der Waals surface area contributed by atoms with Crippen LogP contribution in [-0.2, 0) is 11.3 Å². The second-order valence-electron chi connectivity index (χ2n) is 3.83. The quantitative estimate of drug-likeness (QED) is 0.783. The first-order chi connectivity index (χ1) is 9.21.